The van der Waals surface area contributed by atoms with Crippen molar-refractivity contribution in [1.29, 1.82) is 5.26 Å². The third-order valence-corrected chi connectivity index (χ3v) is 6.19. The number of benzene rings is 2. The number of nitrogens with one attached hydrogen (secondary N) is 1. The Kier molecular flexibility index (Phi) is 4.73. The number of aryl methyl sites for hydroxylation is 1. The highest BCUT2D eigenvalue weighted by Gasteiger charge is 2.44. The summed E-state index contributed by atoms with van der Waals surface area (Å²) in [5.41, 5.74) is 3.57. The number of carbonyl (C=O) groups excluding carboxylic acids is 1. The molecule has 0 spiro atoms. The van der Waals surface area contributed by atoms with Gasteiger partial charge in [-0.25, -0.2) is 0 Å². The molecule has 1 N–H and O–H groups in total. The zero-order valence-electron chi connectivity index (χ0n) is 14.7. The van der Waals surface area contributed by atoms with Crippen LogP contribution < -0.4 is 5.32 Å². The van der Waals surface area contributed by atoms with Crippen molar-refractivity contribution in [3.05, 3.63) is 75.6 Å². The summed E-state index contributed by atoms with van der Waals surface area (Å²) in [6.45, 7) is 1.98. The molecule has 0 saturated heterocycles. The number of hydrogen-bond acceptors (Lipinski definition) is 3. The lowest BCUT2D eigenvalue weighted by atomic mass is 10.0. The van der Waals surface area contributed by atoms with Crippen LogP contribution in [0.25, 0.3) is 11.1 Å². The summed E-state index contributed by atoms with van der Waals surface area (Å²) in [7, 11) is 0. The van der Waals surface area contributed by atoms with Crippen LogP contribution in [0, 0.1) is 24.2 Å². The Morgan fingerprint density at radius 3 is 2.56 bits per heavy atom. The molecule has 1 fully saturated rings. The van der Waals surface area contributed by atoms with Gasteiger partial charge in [-0.1, -0.05) is 54.1 Å². The van der Waals surface area contributed by atoms with Gasteiger partial charge in [0.2, 0.25) is 5.91 Å². The fourth-order valence-corrected chi connectivity index (χ4v) is 4.62. The van der Waals surface area contributed by atoms with Gasteiger partial charge in [-0.3, -0.25) is 4.79 Å². The second kappa shape index (κ2) is 7.19. The number of nitriles is 1. The van der Waals surface area contributed by atoms with Crippen molar-refractivity contribution >= 4 is 33.8 Å². The van der Waals surface area contributed by atoms with Crippen molar-refractivity contribution in [3.8, 4) is 17.2 Å². The third kappa shape index (κ3) is 3.49. The monoisotopic (exact) mass is 392 g/mol. The minimum Gasteiger partial charge on any atom is -0.316 e. The molecule has 27 heavy (non-hydrogen) atoms. The molecule has 1 amide bonds. The molecule has 0 radical (unpaired) electrons. The Labute approximate surface area is 167 Å². The molecule has 1 aliphatic carbocycles. The average molecular weight is 393 g/mol. The summed E-state index contributed by atoms with van der Waals surface area (Å²) in [5, 5.41) is 14.0. The standard InChI is InChI=1S/C22H17ClN2OS/c1-13-20(15-5-3-2-4-6-15)19(12-24)22(27-13)25-21(26)18-11-17(18)14-7-9-16(23)10-8-14/h2-10,17-18H,11H2,1H3,(H,25,26)/t17-,18+/m1/s1. The molecule has 2 atom stereocenters. The van der Waals surface area contributed by atoms with Crippen LogP contribution in [0.5, 0.6) is 0 Å². The highest BCUT2D eigenvalue weighted by atomic mass is 35.5. The van der Waals surface area contributed by atoms with Gasteiger partial charge in [-0.2, -0.15) is 5.26 Å². The van der Waals surface area contributed by atoms with Crippen LogP contribution in [0.3, 0.4) is 0 Å². The summed E-state index contributed by atoms with van der Waals surface area (Å²) in [5.74, 6) is 0.148. The zero-order valence-corrected chi connectivity index (χ0v) is 16.3. The smallest absolute Gasteiger partial charge is 0.228 e. The first-order valence-electron chi connectivity index (χ1n) is 8.73. The number of thiophene rings is 1. The number of carbonyl (C=O) groups is 1. The molecular formula is C22H17ClN2OS. The van der Waals surface area contributed by atoms with E-state index in [1.807, 2.05) is 61.5 Å². The van der Waals surface area contributed by atoms with Crippen LogP contribution >= 0.6 is 22.9 Å². The number of nitrogens with zero attached hydrogens (tertiary/aromatic N) is 1. The quantitative estimate of drug-likeness (QED) is 0.592. The van der Waals surface area contributed by atoms with Gasteiger partial charge < -0.3 is 5.32 Å². The second-order valence-corrected chi connectivity index (χ2v) is 8.37. The van der Waals surface area contributed by atoms with Crippen molar-refractivity contribution in [3.63, 3.8) is 0 Å². The predicted molar refractivity (Wildman–Crippen MR) is 110 cm³/mol. The van der Waals surface area contributed by atoms with E-state index in [2.05, 4.69) is 11.4 Å². The van der Waals surface area contributed by atoms with Crippen LogP contribution in [-0.2, 0) is 4.79 Å². The van der Waals surface area contributed by atoms with Gasteiger partial charge >= 0.3 is 0 Å². The van der Waals surface area contributed by atoms with Gasteiger partial charge in [0.25, 0.3) is 0 Å². The number of hydrogen-bond donors (Lipinski definition) is 1. The minimum atomic E-state index is -0.0553. The fourth-order valence-electron chi connectivity index (χ4n) is 3.46. The Balaban J connectivity index is 1.54. The van der Waals surface area contributed by atoms with E-state index in [9.17, 15) is 10.1 Å². The van der Waals surface area contributed by atoms with Gasteiger partial charge in [0.05, 0.1) is 5.56 Å². The maximum atomic E-state index is 12.7. The van der Waals surface area contributed by atoms with Crippen LogP contribution in [-0.4, -0.2) is 5.91 Å². The first-order valence-corrected chi connectivity index (χ1v) is 9.93. The maximum Gasteiger partial charge on any atom is 0.228 e. The fraction of sp³-hybridized carbons (Fsp3) is 0.182. The van der Waals surface area contributed by atoms with E-state index in [0.717, 1.165) is 28.0 Å². The molecule has 1 aliphatic rings. The highest BCUT2D eigenvalue weighted by molar-refractivity contribution is 7.17. The number of rotatable bonds is 4. The van der Waals surface area contributed by atoms with Crippen LogP contribution in [0.4, 0.5) is 5.00 Å². The SMILES string of the molecule is Cc1sc(NC(=O)[C@H]2C[C@@H]2c2ccc(Cl)cc2)c(C#N)c1-c1ccccc1. The largest absolute Gasteiger partial charge is 0.316 e. The molecule has 3 aromatic rings. The van der Waals surface area contributed by atoms with Gasteiger partial charge in [0.15, 0.2) is 0 Å². The third-order valence-electron chi connectivity index (χ3n) is 4.92. The molecule has 4 rings (SSSR count). The summed E-state index contributed by atoms with van der Waals surface area (Å²) >= 11 is 7.40. The lowest BCUT2D eigenvalue weighted by Gasteiger charge is -2.05. The number of amides is 1. The molecular weight excluding hydrogens is 376 g/mol. The first kappa shape index (κ1) is 17.8. The van der Waals surface area contributed by atoms with E-state index in [4.69, 9.17) is 11.6 Å². The van der Waals surface area contributed by atoms with Gasteiger partial charge in [0, 0.05) is 21.4 Å². The molecule has 0 unspecified atom stereocenters. The van der Waals surface area contributed by atoms with E-state index in [1.54, 1.807) is 0 Å². The minimum absolute atomic E-state index is 0.0210. The molecule has 3 nitrogen and oxygen atoms in total. The first-order chi connectivity index (χ1) is 13.1. The van der Waals surface area contributed by atoms with Crippen LogP contribution in [0.1, 0.15) is 28.3 Å². The lowest BCUT2D eigenvalue weighted by Crippen LogP contribution is -2.14. The number of anilines is 1. The van der Waals surface area contributed by atoms with Crippen molar-refractivity contribution in [2.24, 2.45) is 5.92 Å². The summed E-state index contributed by atoms with van der Waals surface area (Å²) in [6.07, 6.45) is 0.825. The van der Waals surface area contributed by atoms with Crippen molar-refractivity contribution in [2.45, 2.75) is 19.3 Å². The molecule has 1 aromatic heterocycles. The Morgan fingerprint density at radius 2 is 1.89 bits per heavy atom. The highest BCUT2D eigenvalue weighted by Crippen LogP contribution is 2.49. The zero-order chi connectivity index (χ0) is 19.0. The van der Waals surface area contributed by atoms with Gasteiger partial charge in [0.1, 0.15) is 11.1 Å². The summed E-state index contributed by atoms with van der Waals surface area (Å²) in [6, 6.07) is 19.8. The molecule has 0 aliphatic heterocycles. The second-order valence-electron chi connectivity index (χ2n) is 6.70. The van der Waals surface area contributed by atoms with E-state index in [-0.39, 0.29) is 17.7 Å². The Morgan fingerprint density at radius 1 is 1.19 bits per heavy atom. The maximum absolute atomic E-state index is 12.7. The van der Waals surface area contributed by atoms with Crippen molar-refractivity contribution < 1.29 is 4.79 Å². The molecule has 134 valence electrons. The lowest BCUT2D eigenvalue weighted by molar-refractivity contribution is -0.117. The molecule has 5 heteroatoms. The van der Waals surface area contributed by atoms with E-state index >= 15 is 0 Å². The van der Waals surface area contributed by atoms with E-state index in [1.165, 1.54) is 11.3 Å². The Hall–Kier alpha value is -2.61. The molecule has 2 aromatic carbocycles. The Bertz CT molecular complexity index is 1030. The van der Waals surface area contributed by atoms with Gasteiger partial charge in [-0.15, -0.1) is 11.3 Å². The molecule has 1 heterocycles. The van der Waals surface area contributed by atoms with Crippen molar-refractivity contribution in [2.75, 3.05) is 5.32 Å². The van der Waals surface area contributed by atoms with Crippen LogP contribution in [0.15, 0.2) is 54.6 Å². The molecule has 0 bridgehead atoms. The summed E-state index contributed by atoms with van der Waals surface area (Å²) < 4.78 is 0. The predicted octanol–water partition coefficient (Wildman–Crippen LogP) is 5.99. The number of halogens is 1. The van der Waals surface area contributed by atoms with E-state index in [0.29, 0.717) is 15.6 Å². The normalized spacial score (nSPS) is 18.0. The van der Waals surface area contributed by atoms with Gasteiger partial charge in [-0.05, 0) is 42.5 Å². The van der Waals surface area contributed by atoms with E-state index < -0.39 is 0 Å². The molecule has 1 saturated carbocycles. The van der Waals surface area contributed by atoms with Crippen molar-refractivity contribution in [1.82, 2.24) is 0 Å². The topological polar surface area (TPSA) is 52.9 Å². The van der Waals surface area contributed by atoms with Crippen LogP contribution in [0.2, 0.25) is 5.02 Å². The average Bonchev–Trinajstić information content (AvgIpc) is 3.41. The summed E-state index contributed by atoms with van der Waals surface area (Å²) in [4.78, 5) is 13.7.